The summed E-state index contributed by atoms with van der Waals surface area (Å²) in [5.74, 6) is 0.160. The molecule has 0 atom stereocenters. The van der Waals surface area contributed by atoms with Gasteiger partial charge in [-0.05, 0) is 48.7 Å². The number of nitro groups is 1. The molecular weight excluding hydrogens is 372 g/mol. The van der Waals surface area contributed by atoms with E-state index in [2.05, 4.69) is 16.0 Å². The van der Waals surface area contributed by atoms with Gasteiger partial charge in [-0.3, -0.25) is 19.7 Å². The van der Waals surface area contributed by atoms with Crippen molar-refractivity contribution in [1.29, 1.82) is 0 Å². The van der Waals surface area contributed by atoms with Crippen molar-refractivity contribution in [2.45, 2.75) is 33.1 Å². The molecule has 0 aromatic heterocycles. The average molecular weight is 398 g/mol. The Kier molecular flexibility index (Phi) is 8.14. The number of benzene rings is 2. The molecule has 29 heavy (non-hydrogen) atoms. The van der Waals surface area contributed by atoms with E-state index in [-0.39, 0.29) is 17.5 Å². The van der Waals surface area contributed by atoms with Gasteiger partial charge in [0.25, 0.3) is 5.69 Å². The third kappa shape index (κ3) is 8.00. The minimum Gasteiger partial charge on any atom is -0.385 e. The van der Waals surface area contributed by atoms with Gasteiger partial charge in [0.05, 0.1) is 4.92 Å². The Morgan fingerprint density at radius 2 is 1.41 bits per heavy atom. The molecule has 0 aliphatic rings. The minimum atomic E-state index is -0.444. The van der Waals surface area contributed by atoms with Crippen molar-refractivity contribution < 1.29 is 14.5 Å². The largest absolute Gasteiger partial charge is 0.385 e. The van der Waals surface area contributed by atoms with Crippen LogP contribution in [0.25, 0.3) is 0 Å². The second-order valence-corrected chi connectivity index (χ2v) is 7.11. The van der Waals surface area contributed by atoms with Crippen LogP contribution in [-0.4, -0.2) is 23.3 Å². The topological polar surface area (TPSA) is 113 Å². The molecule has 0 bridgehead atoms. The summed E-state index contributed by atoms with van der Waals surface area (Å²) in [7, 11) is 0. The van der Waals surface area contributed by atoms with Crippen molar-refractivity contribution in [3.8, 4) is 0 Å². The maximum absolute atomic E-state index is 12.0. The van der Waals surface area contributed by atoms with Crippen molar-refractivity contribution in [3.63, 3.8) is 0 Å². The number of nitrogens with zero attached hydrogens (tertiary/aromatic N) is 1. The fourth-order valence-corrected chi connectivity index (χ4v) is 2.63. The number of carbonyl (C=O) groups is 2. The molecule has 154 valence electrons. The molecule has 0 unspecified atom stereocenters. The number of anilines is 3. The van der Waals surface area contributed by atoms with E-state index in [9.17, 15) is 19.7 Å². The van der Waals surface area contributed by atoms with Crippen molar-refractivity contribution in [2.75, 3.05) is 22.5 Å². The van der Waals surface area contributed by atoms with Crippen LogP contribution >= 0.6 is 0 Å². The zero-order valence-electron chi connectivity index (χ0n) is 16.6. The van der Waals surface area contributed by atoms with E-state index in [4.69, 9.17) is 0 Å². The van der Waals surface area contributed by atoms with E-state index in [0.29, 0.717) is 43.1 Å². The van der Waals surface area contributed by atoms with Crippen molar-refractivity contribution >= 4 is 34.6 Å². The first-order valence-corrected chi connectivity index (χ1v) is 9.51. The summed E-state index contributed by atoms with van der Waals surface area (Å²) in [5.41, 5.74) is 2.17. The number of rotatable bonds is 10. The van der Waals surface area contributed by atoms with Gasteiger partial charge in [0.1, 0.15) is 0 Å². The molecule has 8 nitrogen and oxygen atoms in total. The quantitative estimate of drug-likeness (QED) is 0.312. The summed E-state index contributed by atoms with van der Waals surface area (Å²) in [5, 5.41) is 19.4. The predicted octanol–water partition coefficient (Wildman–Crippen LogP) is 4.41. The second kappa shape index (κ2) is 10.8. The summed E-state index contributed by atoms with van der Waals surface area (Å²) in [6.07, 6.45) is 1.42. The fourth-order valence-electron chi connectivity index (χ4n) is 2.63. The molecule has 0 heterocycles. The van der Waals surface area contributed by atoms with Crippen LogP contribution in [0.3, 0.4) is 0 Å². The maximum Gasteiger partial charge on any atom is 0.269 e. The molecule has 0 aliphatic carbocycles. The molecular formula is C21H26N4O4. The van der Waals surface area contributed by atoms with Gasteiger partial charge in [0.2, 0.25) is 11.8 Å². The Labute approximate surface area is 169 Å². The summed E-state index contributed by atoms with van der Waals surface area (Å²) >= 11 is 0. The second-order valence-electron chi connectivity index (χ2n) is 7.11. The number of carbonyl (C=O) groups excluding carboxylic acids is 2. The molecule has 8 heteroatoms. The van der Waals surface area contributed by atoms with Crippen LogP contribution in [0.5, 0.6) is 0 Å². The Balaban J connectivity index is 1.69. The van der Waals surface area contributed by atoms with Crippen LogP contribution in [-0.2, 0) is 9.59 Å². The molecule has 2 rings (SSSR count). The Morgan fingerprint density at radius 3 is 1.93 bits per heavy atom. The van der Waals surface area contributed by atoms with Crippen LogP contribution in [0, 0.1) is 16.0 Å². The standard InChI is InChI=1S/C21H26N4O4/c1-15(2)14-21(27)24-18-7-5-17(6-8-18)23-20(26)4-3-13-22-16-9-11-19(12-10-16)25(28)29/h5-12,15,22H,3-4,13-14H2,1-2H3,(H,23,26)(H,24,27). The van der Waals surface area contributed by atoms with Crippen LogP contribution in [0.4, 0.5) is 22.7 Å². The summed E-state index contributed by atoms with van der Waals surface area (Å²) < 4.78 is 0. The maximum atomic E-state index is 12.0. The van der Waals surface area contributed by atoms with Gasteiger partial charge in [-0.15, -0.1) is 0 Å². The van der Waals surface area contributed by atoms with Crippen LogP contribution in [0.2, 0.25) is 0 Å². The van der Waals surface area contributed by atoms with Gasteiger partial charge in [-0.25, -0.2) is 0 Å². The normalized spacial score (nSPS) is 10.4. The number of nitrogens with one attached hydrogen (secondary N) is 3. The van der Waals surface area contributed by atoms with E-state index in [1.165, 1.54) is 12.1 Å². The molecule has 2 aromatic carbocycles. The lowest BCUT2D eigenvalue weighted by Crippen LogP contribution is -2.15. The molecule has 0 spiro atoms. The Morgan fingerprint density at radius 1 is 0.897 bits per heavy atom. The van der Waals surface area contributed by atoms with Gasteiger partial charge < -0.3 is 16.0 Å². The monoisotopic (exact) mass is 398 g/mol. The van der Waals surface area contributed by atoms with E-state index in [1.54, 1.807) is 36.4 Å². The highest BCUT2D eigenvalue weighted by molar-refractivity contribution is 5.93. The number of non-ortho nitro benzene ring substituents is 1. The van der Waals surface area contributed by atoms with Crippen molar-refractivity contribution in [2.24, 2.45) is 5.92 Å². The lowest BCUT2D eigenvalue weighted by molar-refractivity contribution is -0.384. The summed E-state index contributed by atoms with van der Waals surface area (Å²) in [4.78, 5) is 34.0. The van der Waals surface area contributed by atoms with Gasteiger partial charge in [0.15, 0.2) is 0 Å². The Hall–Kier alpha value is -3.42. The molecule has 0 fully saturated rings. The minimum absolute atomic E-state index is 0.0303. The third-order valence-corrected chi connectivity index (χ3v) is 4.03. The fraction of sp³-hybridized carbons (Fsp3) is 0.333. The van der Waals surface area contributed by atoms with Gasteiger partial charge in [-0.2, -0.15) is 0 Å². The van der Waals surface area contributed by atoms with E-state index in [0.717, 1.165) is 5.69 Å². The van der Waals surface area contributed by atoms with Crippen molar-refractivity contribution in [1.82, 2.24) is 0 Å². The zero-order valence-corrected chi connectivity index (χ0v) is 16.6. The first-order chi connectivity index (χ1) is 13.8. The lowest BCUT2D eigenvalue weighted by Gasteiger charge is -2.09. The summed E-state index contributed by atoms with van der Waals surface area (Å²) in [6, 6.07) is 13.2. The molecule has 0 radical (unpaired) electrons. The molecule has 0 saturated heterocycles. The SMILES string of the molecule is CC(C)CC(=O)Nc1ccc(NC(=O)CCCNc2ccc([N+](=O)[O-])cc2)cc1. The highest BCUT2D eigenvalue weighted by Crippen LogP contribution is 2.16. The van der Waals surface area contributed by atoms with Crippen LogP contribution in [0.1, 0.15) is 33.1 Å². The number of hydrogen-bond donors (Lipinski definition) is 3. The smallest absolute Gasteiger partial charge is 0.269 e. The van der Waals surface area contributed by atoms with E-state index < -0.39 is 4.92 Å². The number of nitro benzene ring substituents is 1. The summed E-state index contributed by atoms with van der Waals surface area (Å²) in [6.45, 7) is 4.55. The highest BCUT2D eigenvalue weighted by atomic mass is 16.6. The van der Waals surface area contributed by atoms with Crippen molar-refractivity contribution in [3.05, 3.63) is 58.6 Å². The predicted molar refractivity (Wildman–Crippen MR) is 114 cm³/mol. The average Bonchev–Trinajstić information content (AvgIpc) is 2.66. The first-order valence-electron chi connectivity index (χ1n) is 9.51. The molecule has 3 N–H and O–H groups in total. The lowest BCUT2D eigenvalue weighted by atomic mass is 10.1. The molecule has 0 saturated carbocycles. The van der Waals surface area contributed by atoms with Crippen LogP contribution < -0.4 is 16.0 Å². The van der Waals surface area contributed by atoms with Crippen LogP contribution in [0.15, 0.2) is 48.5 Å². The number of amides is 2. The first kappa shape index (κ1) is 21.9. The van der Waals surface area contributed by atoms with Gasteiger partial charge >= 0.3 is 0 Å². The van der Waals surface area contributed by atoms with E-state index >= 15 is 0 Å². The zero-order chi connectivity index (χ0) is 21.2. The third-order valence-electron chi connectivity index (χ3n) is 4.03. The Bertz CT molecular complexity index is 833. The van der Waals surface area contributed by atoms with E-state index in [1.807, 2.05) is 13.8 Å². The molecule has 2 amide bonds. The molecule has 2 aromatic rings. The van der Waals surface area contributed by atoms with Gasteiger partial charge in [0, 0.05) is 48.6 Å². The van der Waals surface area contributed by atoms with Gasteiger partial charge in [-0.1, -0.05) is 13.8 Å². The highest BCUT2D eigenvalue weighted by Gasteiger charge is 2.07. The molecule has 0 aliphatic heterocycles. The number of hydrogen-bond acceptors (Lipinski definition) is 5.